The molecule has 0 atom stereocenters. The molecule has 0 N–H and O–H groups in total. The average molecular weight is 294 g/mol. The summed E-state index contributed by atoms with van der Waals surface area (Å²) in [5.41, 5.74) is 1.08. The lowest BCUT2D eigenvalue weighted by molar-refractivity contribution is -0.142. The van der Waals surface area contributed by atoms with Crippen LogP contribution in [0.5, 0.6) is 5.75 Å². The van der Waals surface area contributed by atoms with Crippen molar-refractivity contribution in [2.75, 3.05) is 20.3 Å². The lowest BCUT2D eigenvalue weighted by Crippen LogP contribution is -2.10. The van der Waals surface area contributed by atoms with E-state index in [1.54, 1.807) is 13.0 Å². The highest BCUT2D eigenvalue weighted by Crippen LogP contribution is 2.30. The highest BCUT2D eigenvalue weighted by molar-refractivity contribution is 5.75. The molecule has 0 radical (unpaired) electrons. The van der Waals surface area contributed by atoms with Crippen LogP contribution in [-0.4, -0.2) is 26.3 Å². The van der Waals surface area contributed by atoms with Crippen LogP contribution >= 0.6 is 0 Å². The molecule has 21 heavy (non-hydrogen) atoms. The molecule has 1 aliphatic rings. The van der Waals surface area contributed by atoms with Crippen molar-refractivity contribution in [3.63, 3.8) is 0 Å². The number of rotatable bonds is 5. The van der Waals surface area contributed by atoms with Gasteiger partial charge in [-0.1, -0.05) is 0 Å². The molecule has 2 rings (SSSR count). The SMILES string of the molecule is CCOC(=O)Cc1cc(C2=CCCCO2)cc(F)c1OC. The third kappa shape index (κ3) is 3.74. The summed E-state index contributed by atoms with van der Waals surface area (Å²) in [6, 6.07) is 3.08. The minimum absolute atomic E-state index is 0.0327. The van der Waals surface area contributed by atoms with E-state index < -0.39 is 11.8 Å². The van der Waals surface area contributed by atoms with Gasteiger partial charge in [0.05, 0.1) is 26.7 Å². The van der Waals surface area contributed by atoms with E-state index in [4.69, 9.17) is 14.2 Å². The Morgan fingerprint density at radius 3 is 2.86 bits per heavy atom. The summed E-state index contributed by atoms with van der Waals surface area (Å²) in [7, 11) is 1.38. The zero-order chi connectivity index (χ0) is 15.2. The summed E-state index contributed by atoms with van der Waals surface area (Å²) in [6.07, 6.45) is 3.75. The van der Waals surface area contributed by atoms with Crippen molar-refractivity contribution in [1.82, 2.24) is 0 Å². The molecular weight excluding hydrogens is 275 g/mol. The highest BCUT2D eigenvalue weighted by atomic mass is 19.1. The number of esters is 1. The van der Waals surface area contributed by atoms with Crippen LogP contribution in [0.15, 0.2) is 18.2 Å². The van der Waals surface area contributed by atoms with Crippen molar-refractivity contribution in [3.8, 4) is 5.75 Å². The number of carbonyl (C=O) groups excluding carboxylic acids is 1. The molecule has 4 nitrogen and oxygen atoms in total. The van der Waals surface area contributed by atoms with Crippen molar-refractivity contribution in [1.29, 1.82) is 0 Å². The predicted octanol–water partition coefficient (Wildman–Crippen LogP) is 3.09. The molecule has 0 spiro atoms. The van der Waals surface area contributed by atoms with E-state index in [1.165, 1.54) is 13.2 Å². The highest BCUT2D eigenvalue weighted by Gasteiger charge is 2.18. The Bertz CT molecular complexity index is 551. The largest absolute Gasteiger partial charge is 0.493 e. The van der Waals surface area contributed by atoms with E-state index in [0.29, 0.717) is 23.5 Å². The summed E-state index contributed by atoms with van der Waals surface area (Å²) in [5, 5.41) is 0. The maximum Gasteiger partial charge on any atom is 0.310 e. The van der Waals surface area contributed by atoms with Gasteiger partial charge in [0.2, 0.25) is 0 Å². The van der Waals surface area contributed by atoms with Crippen molar-refractivity contribution in [3.05, 3.63) is 35.2 Å². The Balaban J connectivity index is 2.34. The van der Waals surface area contributed by atoms with Gasteiger partial charge in [0, 0.05) is 11.1 Å². The zero-order valence-electron chi connectivity index (χ0n) is 12.3. The molecule has 114 valence electrons. The van der Waals surface area contributed by atoms with Crippen molar-refractivity contribution >= 4 is 11.7 Å². The fraction of sp³-hybridized carbons (Fsp3) is 0.438. The lowest BCUT2D eigenvalue weighted by atomic mass is 10.0. The van der Waals surface area contributed by atoms with E-state index in [1.807, 2.05) is 6.08 Å². The number of hydrogen-bond donors (Lipinski definition) is 0. The summed E-state index contributed by atoms with van der Waals surface area (Å²) < 4.78 is 29.6. The van der Waals surface area contributed by atoms with Crippen LogP contribution in [0.2, 0.25) is 0 Å². The van der Waals surface area contributed by atoms with Crippen LogP contribution in [0.3, 0.4) is 0 Å². The van der Waals surface area contributed by atoms with Gasteiger partial charge in [-0.05, 0) is 38.0 Å². The van der Waals surface area contributed by atoms with Crippen LogP contribution in [0.4, 0.5) is 4.39 Å². The first-order valence-electron chi connectivity index (χ1n) is 7.01. The predicted molar refractivity (Wildman–Crippen MR) is 76.5 cm³/mol. The average Bonchev–Trinajstić information content (AvgIpc) is 2.48. The fourth-order valence-electron chi connectivity index (χ4n) is 2.28. The molecule has 5 heteroatoms. The van der Waals surface area contributed by atoms with Crippen LogP contribution in [-0.2, 0) is 20.7 Å². The second kappa shape index (κ2) is 7.11. The second-order valence-corrected chi connectivity index (χ2v) is 4.69. The van der Waals surface area contributed by atoms with Crippen LogP contribution in [0, 0.1) is 5.82 Å². The van der Waals surface area contributed by atoms with E-state index in [2.05, 4.69) is 0 Å². The van der Waals surface area contributed by atoms with Gasteiger partial charge in [-0.25, -0.2) is 4.39 Å². The monoisotopic (exact) mass is 294 g/mol. The normalized spacial score (nSPS) is 14.1. The first-order valence-corrected chi connectivity index (χ1v) is 7.01. The minimum Gasteiger partial charge on any atom is -0.493 e. The number of carbonyl (C=O) groups is 1. The first-order chi connectivity index (χ1) is 10.2. The van der Waals surface area contributed by atoms with Gasteiger partial charge in [0.1, 0.15) is 5.76 Å². The Morgan fingerprint density at radius 1 is 1.43 bits per heavy atom. The van der Waals surface area contributed by atoms with Gasteiger partial charge < -0.3 is 14.2 Å². The number of ether oxygens (including phenoxy) is 3. The van der Waals surface area contributed by atoms with Crippen molar-refractivity contribution in [2.45, 2.75) is 26.2 Å². The van der Waals surface area contributed by atoms with E-state index in [0.717, 1.165) is 12.8 Å². The van der Waals surface area contributed by atoms with Crippen molar-refractivity contribution in [2.24, 2.45) is 0 Å². The Kier molecular flexibility index (Phi) is 5.20. The third-order valence-corrected chi connectivity index (χ3v) is 3.19. The molecule has 0 fully saturated rings. The Morgan fingerprint density at radius 2 is 2.24 bits per heavy atom. The second-order valence-electron chi connectivity index (χ2n) is 4.69. The molecule has 1 aliphatic heterocycles. The molecule has 0 aromatic heterocycles. The van der Waals surface area contributed by atoms with Gasteiger partial charge in [0.15, 0.2) is 11.6 Å². The number of methoxy groups -OCH3 is 1. The molecule has 0 saturated carbocycles. The third-order valence-electron chi connectivity index (χ3n) is 3.19. The van der Waals surface area contributed by atoms with Crippen LogP contribution in [0.1, 0.15) is 30.9 Å². The van der Waals surface area contributed by atoms with Crippen LogP contribution in [0.25, 0.3) is 5.76 Å². The summed E-state index contributed by atoms with van der Waals surface area (Å²) in [6.45, 7) is 2.64. The molecule has 0 aliphatic carbocycles. The zero-order valence-corrected chi connectivity index (χ0v) is 12.3. The Hall–Kier alpha value is -2.04. The lowest BCUT2D eigenvalue weighted by Gasteiger charge is -2.17. The molecule has 0 bridgehead atoms. The molecule has 0 unspecified atom stereocenters. The maximum absolute atomic E-state index is 14.1. The fourth-order valence-corrected chi connectivity index (χ4v) is 2.28. The molecule has 1 heterocycles. The first kappa shape index (κ1) is 15.4. The number of halogens is 1. The maximum atomic E-state index is 14.1. The molecular formula is C16H19FO4. The quantitative estimate of drug-likeness (QED) is 0.783. The Labute approximate surface area is 123 Å². The van der Waals surface area contributed by atoms with Gasteiger partial charge in [-0.2, -0.15) is 0 Å². The number of hydrogen-bond acceptors (Lipinski definition) is 4. The number of benzene rings is 1. The molecule has 0 saturated heterocycles. The summed E-state index contributed by atoms with van der Waals surface area (Å²) >= 11 is 0. The number of allylic oxidation sites excluding steroid dienone is 1. The van der Waals surface area contributed by atoms with Gasteiger partial charge in [-0.15, -0.1) is 0 Å². The standard InChI is InChI=1S/C16H19FO4/c1-3-20-15(18)10-12-8-11(9-13(17)16(12)19-2)14-6-4-5-7-21-14/h6,8-9H,3-5,7,10H2,1-2H3. The minimum atomic E-state index is -0.510. The van der Waals surface area contributed by atoms with Gasteiger partial charge in [0.25, 0.3) is 0 Å². The van der Waals surface area contributed by atoms with E-state index >= 15 is 0 Å². The van der Waals surface area contributed by atoms with E-state index in [9.17, 15) is 9.18 Å². The molecule has 0 amide bonds. The smallest absolute Gasteiger partial charge is 0.310 e. The van der Waals surface area contributed by atoms with E-state index in [-0.39, 0.29) is 18.8 Å². The molecule has 1 aromatic rings. The van der Waals surface area contributed by atoms with Gasteiger partial charge in [-0.3, -0.25) is 4.79 Å². The summed E-state index contributed by atoms with van der Waals surface area (Å²) in [4.78, 5) is 11.6. The molecule has 1 aromatic carbocycles. The summed E-state index contributed by atoms with van der Waals surface area (Å²) in [5.74, 6) is -0.202. The van der Waals surface area contributed by atoms with Gasteiger partial charge >= 0.3 is 5.97 Å². The van der Waals surface area contributed by atoms with Crippen molar-refractivity contribution < 1.29 is 23.4 Å². The van der Waals surface area contributed by atoms with Crippen LogP contribution < -0.4 is 4.74 Å². The topological polar surface area (TPSA) is 44.8 Å².